The number of hydrogen-bond acceptors (Lipinski definition) is 4. The molecule has 0 spiro atoms. The molecule has 4 N–H and O–H groups in total. The largest absolute Gasteiger partial charge is 0.507 e. The fourth-order valence-corrected chi connectivity index (χ4v) is 2.36. The summed E-state index contributed by atoms with van der Waals surface area (Å²) in [6, 6.07) is 2.91. The van der Waals surface area contributed by atoms with Crippen LogP contribution in [-0.2, 0) is 10.8 Å². The van der Waals surface area contributed by atoms with Gasteiger partial charge in [-0.25, -0.2) is 9.59 Å². The van der Waals surface area contributed by atoms with E-state index in [4.69, 9.17) is 5.11 Å². The Kier molecular flexibility index (Phi) is 5.51. The van der Waals surface area contributed by atoms with Crippen LogP contribution >= 0.6 is 0 Å². The van der Waals surface area contributed by atoms with Crippen LogP contribution in [0.5, 0.6) is 5.75 Å². The third kappa shape index (κ3) is 4.88. The summed E-state index contributed by atoms with van der Waals surface area (Å²) in [5, 5.41) is 23.3. The highest BCUT2D eigenvalue weighted by molar-refractivity contribution is 7.84. The third-order valence-corrected chi connectivity index (χ3v) is 3.32. The lowest BCUT2D eigenvalue weighted by molar-refractivity contribution is 0.0693. The Morgan fingerprint density at radius 2 is 2.05 bits per heavy atom. The molecule has 2 unspecified atom stereocenters. The van der Waals surface area contributed by atoms with Crippen LogP contribution in [0.2, 0.25) is 0 Å². The lowest BCUT2D eigenvalue weighted by Crippen LogP contribution is -2.39. The Labute approximate surface area is 118 Å². The van der Waals surface area contributed by atoms with Crippen LogP contribution in [0.1, 0.15) is 17.3 Å². The lowest BCUT2D eigenvalue weighted by atomic mass is 10.2. The highest BCUT2D eigenvalue weighted by Gasteiger charge is 2.12. The standard InChI is InChI=1S/C12H16N2O5S/c1-7(6-20(2)19)13-12(18)14-8-3-4-9(11(16)17)10(15)5-8/h3-5,7,15H,6H2,1-2H3,(H,16,17)(H2,13,14,18). The van der Waals surface area contributed by atoms with Gasteiger partial charge in [-0.1, -0.05) is 0 Å². The Morgan fingerprint density at radius 3 is 2.55 bits per heavy atom. The summed E-state index contributed by atoms with van der Waals surface area (Å²) in [6.07, 6.45) is 1.54. The fraction of sp³-hybridized carbons (Fsp3) is 0.333. The Balaban J connectivity index is 2.65. The molecule has 1 rings (SSSR count). The number of carboxylic acid groups (broad SMARTS) is 1. The Bertz CT molecular complexity index is 547. The van der Waals surface area contributed by atoms with Crippen molar-refractivity contribution in [2.45, 2.75) is 13.0 Å². The zero-order chi connectivity index (χ0) is 15.3. The number of amides is 2. The maximum Gasteiger partial charge on any atom is 0.339 e. The molecule has 7 nitrogen and oxygen atoms in total. The highest BCUT2D eigenvalue weighted by Crippen LogP contribution is 2.21. The number of aromatic hydroxyl groups is 1. The summed E-state index contributed by atoms with van der Waals surface area (Å²) in [4.78, 5) is 22.3. The van der Waals surface area contributed by atoms with Crippen molar-refractivity contribution in [2.75, 3.05) is 17.3 Å². The molecule has 0 aliphatic carbocycles. The minimum Gasteiger partial charge on any atom is -0.507 e. The van der Waals surface area contributed by atoms with Crippen LogP contribution in [-0.4, -0.2) is 44.5 Å². The second kappa shape index (κ2) is 6.90. The van der Waals surface area contributed by atoms with Gasteiger partial charge in [0.25, 0.3) is 0 Å². The molecule has 0 fully saturated rings. The molecule has 8 heteroatoms. The number of nitrogens with one attached hydrogen (secondary N) is 2. The molecule has 0 aliphatic rings. The predicted molar refractivity (Wildman–Crippen MR) is 75.6 cm³/mol. The minimum atomic E-state index is -1.25. The Morgan fingerprint density at radius 1 is 1.40 bits per heavy atom. The molecule has 0 saturated heterocycles. The molecule has 0 heterocycles. The van der Waals surface area contributed by atoms with Gasteiger partial charge in [0.05, 0.1) is 0 Å². The maximum absolute atomic E-state index is 11.6. The monoisotopic (exact) mass is 300 g/mol. The van der Waals surface area contributed by atoms with Crippen molar-refractivity contribution in [3.8, 4) is 5.75 Å². The number of carbonyl (C=O) groups excluding carboxylic acids is 1. The van der Waals surface area contributed by atoms with Gasteiger partial charge < -0.3 is 20.8 Å². The van der Waals surface area contributed by atoms with E-state index in [-0.39, 0.29) is 17.3 Å². The summed E-state index contributed by atoms with van der Waals surface area (Å²) in [5.41, 5.74) is 0.0144. The van der Waals surface area contributed by atoms with Crippen molar-refractivity contribution in [1.82, 2.24) is 5.32 Å². The first-order valence-electron chi connectivity index (χ1n) is 5.73. The van der Waals surface area contributed by atoms with E-state index >= 15 is 0 Å². The first kappa shape index (κ1) is 16.0. The molecule has 1 aromatic rings. The van der Waals surface area contributed by atoms with Gasteiger partial charge in [-0.05, 0) is 19.1 Å². The molecule has 20 heavy (non-hydrogen) atoms. The SMILES string of the molecule is CC(CS(C)=O)NC(=O)Nc1ccc(C(=O)O)c(O)c1. The van der Waals surface area contributed by atoms with E-state index in [1.54, 1.807) is 13.2 Å². The lowest BCUT2D eigenvalue weighted by Gasteiger charge is -2.13. The molecular formula is C12H16N2O5S. The second-order valence-corrected chi connectivity index (χ2v) is 5.76. The van der Waals surface area contributed by atoms with Crippen molar-refractivity contribution in [3.63, 3.8) is 0 Å². The first-order chi connectivity index (χ1) is 9.29. The zero-order valence-electron chi connectivity index (χ0n) is 11.0. The summed E-state index contributed by atoms with van der Waals surface area (Å²) in [5.74, 6) is -1.35. The first-order valence-corrected chi connectivity index (χ1v) is 7.46. The van der Waals surface area contributed by atoms with Crippen molar-refractivity contribution < 1.29 is 24.0 Å². The van der Waals surface area contributed by atoms with E-state index in [0.29, 0.717) is 5.75 Å². The molecule has 0 bridgehead atoms. The van der Waals surface area contributed by atoms with Crippen LogP contribution in [0.15, 0.2) is 18.2 Å². The van der Waals surface area contributed by atoms with Crippen molar-refractivity contribution in [3.05, 3.63) is 23.8 Å². The number of carbonyl (C=O) groups is 2. The van der Waals surface area contributed by atoms with E-state index in [2.05, 4.69) is 10.6 Å². The topological polar surface area (TPSA) is 116 Å². The summed E-state index contributed by atoms with van der Waals surface area (Å²) >= 11 is 0. The van der Waals surface area contributed by atoms with E-state index < -0.39 is 28.5 Å². The van der Waals surface area contributed by atoms with Gasteiger partial charge >= 0.3 is 12.0 Å². The van der Waals surface area contributed by atoms with E-state index in [9.17, 15) is 18.9 Å². The van der Waals surface area contributed by atoms with E-state index in [1.807, 2.05) is 0 Å². The number of hydrogen-bond donors (Lipinski definition) is 4. The van der Waals surface area contributed by atoms with Gasteiger partial charge in [0, 0.05) is 40.6 Å². The molecule has 1 aromatic carbocycles. The molecule has 2 amide bonds. The maximum atomic E-state index is 11.6. The number of urea groups is 1. The number of anilines is 1. The normalized spacial score (nSPS) is 13.3. The fourth-order valence-electron chi connectivity index (χ4n) is 1.57. The van der Waals surface area contributed by atoms with Crippen LogP contribution in [0.3, 0.4) is 0 Å². The van der Waals surface area contributed by atoms with Gasteiger partial charge in [-0.15, -0.1) is 0 Å². The minimum absolute atomic E-state index is 0.245. The van der Waals surface area contributed by atoms with Crippen LogP contribution < -0.4 is 10.6 Å². The molecule has 110 valence electrons. The number of rotatable bonds is 5. The molecule has 0 radical (unpaired) electrons. The number of carboxylic acids is 1. The second-order valence-electron chi connectivity index (χ2n) is 4.28. The van der Waals surface area contributed by atoms with Crippen LogP contribution in [0, 0.1) is 0 Å². The van der Waals surface area contributed by atoms with E-state index in [1.165, 1.54) is 12.1 Å². The molecular weight excluding hydrogens is 284 g/mol. The van der Waals surface area contributed by atoms with Crippen molar-refractivity contribution in [1.29, 1.82) is 0 Å². The number of aromatic carboxylic acids is 1. The Hall–Kier alpha value is -2.09. The molecule has 0 saturated carbocycles. The average molecular weight is 300 g/mol. The molecule has 0 aliphatic heterocycles. The average Bonchev–Trinajstić information content (AvgIpc) is 2.26. The van der Waals surface area contributed by atoms with Crippen LogP contribution in [0.4, 0.5) is 10.5 Å². The van der Waals surface area contributed by atoms with Crippen LogP contribution in [0.25, 0.3) is 0 Å². The third-order valence-electron chi connectivity index (χ3n) is 2.35. The van der Waals surface area contributed by atoms with Gasteiger partial charge in [0.2, 0.25) is 0 Å². The van der Waals surface area contributed by atoms with Crippen molar-refractivity contribution in [2.24, 2.45) is 0 Å². The molecule has 0 aromatic heterocycles. The smallest absolute Gasteiger partial charge is 0.339 e. The molecule has 2 atom stereocenters. The van der Waals surface area contributed by atoms with Gasteiger partial charge in [-0.2, -0.15) is 0 Å². The predicted octanol–water partition coefficient (Wildman–Crippen LogP) is 0.979. The van der Waals surface area contributed by atoms with Gasteiger partial charge in [-0.3, -0.25) is 4.21 Å². The summed E-state index contributed by atoms with van der Waals surface area (Å²) in [6.45, 7) is 1.71. The highest BCUT2D eigenvalue weighted by atomic mass is 32.2. The van der Waals surface area contributed by atoms with Crippen molar-refractivity contribution >= 4 is 28.5 Å². The quantitative estimate of drug-likeness (QED) is 0.647. The van der Waals surface area contributed by atoms with Gasteiger partial charge in [0.15, 0.2) is 0 Å². The number of benzene rings is 1. The van der Waals surface area contributed by atoms with E-state index in [0.717, 1.165) is 6.07 Å². The van der Waals surface area contributed by atoms with Gasteiger partial charge in [0.1, 0.15) is 11.3 Å². The summed E-state index contributed by atoms with van der Waals surface area (Å²) < 4.78 is 11.0. The summed E-state index contributed by atoms with van der Waals surface area (Å²) in [7, 11) is -1.02. The number of phenols is 1. The zero-order valence-corrected chi connectivity index (χ0v) is 11.9.